The Bertz CT molecular complexity index is 5930. The van der Waals surface area contributed by atoms with E-state index in [1.54, 1.807) is 61.4 Å². The molecule has 0 saturated heterocycles. The third-order valence-corrected chi connectivity index (χ3v) is 17.1. The third-order valence-electron chi connectivity index (χ3n) is 17.1. The van der Waals surface area contributed by atoms with Gasteiger partial charge < -0.3 is 17.7 Å². The molecule has 12 heterocycles. The molecule has 0 fully saturated rings. The summed E-state index contributed by atoms with van der Waals surface area (Å²) in [6, 6.07) is 42.0. The zero-order valence-corrected chi connectivity index (χ0v) is 53.4. The summed E-state index contributed by atoms with van der Waals surface area (Å²) in [7, 11) is 7.42. The maximum atomic E-state index is 7.61. The normalized spacial score (nSPS) is 14.0. The van der Waals surface area contributed by atoms with Gasteiger partial charge in [-0.1, -0.05) is 48.5 Å². The van der Waals surface area contributed by atoms with Crippen LogP contribution in [0.2, 0.25) is 0 Å². The van der Waals surface area contributed by atoms with Crippen LogP contribution in [0, 0.1) is 82.8 Å². The largest absolute Gasteiger partial charge is 0.455 e. The smallest absolute Gasteiger partial charge is 0.217 e. The van der Waals surface area contributed by atoms with Gasteiger partial charge in [0.1, 0.15) is 61.6 Å². The second-order valence-electron chi connectivity index (χ2n) is 23.7. The highest BCUT2D eigenvalue weighted by molar-refractivity contribution is 6.13. The first-order valence-electron chi connectivity index (χ1n) is 36.2. The van der Waals surface area contributed by atoms with Crippen molar-refractivity contribution in [2.45, 2.75) is 82.8 Å². The molecule has 12 heteroatoms. The summed E-state index contributed by atoms with van der Waals surface area (Å²) < 4.78 is 123. The highest BCUT2D eigenvalue weighted by atomic mass is 16.3. The van der Waals surface area contributed by atoms with Gasteiger partial charge in [0.15, 0.2) is 47.1 Å². The maximum Gasteiger partial charge on any atom is 0.217 e. The Morgan fingerprint density at radius 3 is 1.40 bits per heavy atom. The van der Waals surface area contributed by atoms with Crippen LogP contribution in [-0.4, -0.2) is 19.9 Å². The Kier molecular flexibility index (Phi) is 12.3. The molecule has 0 saturated carbocycles. The quantitative estimate of drug-likeness (QED) is 0.160. The summed E-state index contributed by atoms with van der Waals surface area (Å²) in [5.74, 6) is 0. The average Bonchev–Trinajstić information content (AvgIpc) is 1.56. The number of rotatable bonds is 4. The minimum absolute atomic E-state index is 0.308. The lowest BCUT2D eigenvalue weighted by Gasteiger charge is -2.07. The summed E-state index contributed by atoms with van der Waals surface area (Å²) in [6.07, 6.45) is 10.1. The second kappa shape index (κ2) is 23.9. The van der Waals surface area contributed by atoms with E-state index < -0.39 is 27.4 Å². The van der Waals surface area contributed by atoms with Gasteiger partial charge in [0.05, 0.1) is 34.0 Å². The van der Waals surface area contributed by atoms with Crippen molar-refractivity contribution in [2.75, 3.05) is 0 Å². The number of nitrogens with zero attached hydrogens (tertiary/aromatic N) is 8. The number of hydrogen-bond acceptors (Lipinski definition) is 8. The Morgan fingerprint density at radius 2 is 0.837 bits per heavy atom. The number of benzene rings is 4. The maximum absolute atomic E-state index is 7.61. The molecular weight excluding hydrogens is 1140 g/mol. The summed E-state index contributed by atoms with van der Waals surface area (Å²) in [6.45, 7) is 7.41. The van der Waals surface area contributed by atoms with Crippen LogP contribution in [0.4, 0.5) is 0 Å². The van der Waals surface area contributed by atoms with Crippen molar-refractivity contribution in [3.8, 4) is 45.0 Å². The summed E-state index contributed by atoms with van der Waals surface area (Å²) >= 11 is 0. The molecule has 0 spiro atoms. The highest BCUT2D eigenvalue weighted by Gasteiger charge is 2.26. The lowest BCUT2D eigenvalue weighted by molar-refractivity contribution is -0.660. The van der Waals surface area contributed by atoms with Gasteiger partial charge in [-0.3, -0.25) is 15.0 Å². The zero-order valence-electron chi connectivity index (χ0n) is 65.4. The molecule has 92 heavy (non-hydrogen) atoms. The van der Waals surface area contributed by atoms with Gasteiger partial charge in [-0.2, -0.15) is 0 Å². The molecule has 0 aliphatic rings. The van der Waals surface area contributed by atoms with Crippen molar-refractivity contribution >= 4 is 87.9 Å². The van der Waals surface area contributed by atoms with Gasteiger partial charge in [0.2, 0.25) is 22.8 Å². The Labute approximate surface area is 552 Å². The molecule has 0 N–H and O–H groups in total. The van der Waals surface area contributed by atoms with Crippen LogP contribution in [-0.2, 0) is 28.2 Å². The summed E-state index contributed by atoms with van der Waals surface area (Å²) in [5.41, 5.74) is 23.5. The molecule has 0 radical (unpaired) electrons. The topological polar surface area (TPSA) is 120 Å². The van der Waals surface area contributed by atoms with E-state index in [0.717, 1.165) is 178 Å². The van der Waals surface area contributed by atoms with E-state index in [0.29, 0.717) is 22.3 Å². The van der Waals surface area contributed by atoms with Crippen LogP contribution in [0.5, 0.6) is 0 Å². The SMILES string of the molecule is [2H]C([2H])([2H])c1ccc(-c2c(C)ccc3c2oc2ccc(C)nc23)[n+](C)c1.[2H]C([2H])([2H])c1ccc(-c2c(C)ccc3c2oc2ccnc(C)c23)[n+](C)c1.[2H]C([2H])([2H])c1ccc(-c2c(C)ccc3c2oc2cnc(C)cc23)[n+](C)c1.[2H]C([2H])([2H])c1ccc(-c2c(C)nc(C)c3c2oc2ccccc23)[n+](C)c1. The second-order valence-corrected chi connectivity index (χ2v) is 23.7. The van der Waals surface area contributed by atoms with Gasteiger partial charge in [-0.25, -0.2) is 23.3 Å². The number of aryl methyl sites for hydroxylation is 16. The fourth-order valence-electron chi connectivity index (χ4n) is 12.7. The van der Waals surface area contributed by atoms with E-state index in [9.17, 15) is 0 Å². The molecule has 0 amide bonds. The molecular formula is C80H76N8O4+4. The fourth-order valence-corrected chi connectivity index (χ4v) is 12.7. The van der Waals surface area contributed by atoms with E-state index in [1.807, 2.05) is 187 Å². The number of para-hydroxylation sites is 1. The van der Waals surface area contributed by atoms with Gasteiger partial charge >= 0.3 is 0 Å². The van der Waals surface area contributed by atoms with E-state index in [-0.39, 0.29) is 0 Å². The molecule has 0 aliphatic heterocycles. The Balaban J connectivity index is 0.000000123. The first-order valence-corrected chi connectivity index (χ1v) is 30.2. The highest BCUT2D eigenvalue weighted by Crippen LogP contribution is 2.41. The van der Waals surface area contributed by atoms with Crippen molar-refractivity contribution in [1.82, 2.24) is 19.9 Å². The first kappa shape index (κ1) is 47.3. The minimum atomic E-state index is -2.13. The van der Waals surface area contributed by atoms with Crippen molar-refractivity contribution < 1.29 is 52.4 Å². The number of aromatic nitrogens is 8. The predicted molar refractivity (Wildman–Crippen MR) is 369 cm³/mol. The standard InChI is InChI=1S/4C20H19N2O/c1-12-5-9-16(22(4)11-12)18-13(2)6-8-15-19-17(23-20(15)18)10-7-14(3)21-19;1-12-5-8-17(22(4)11-12)19-13(2)6-7-15-16-9-14(3)21-10-18(16)23-20(15)19;1-12-5-8-16(22(4)11-12)18-13(2)6-7-15-19-14(3)21-10-9-17(19)23-20(15)18;1-12-9-10-16(22(4)11-12)19-14(3)21-13(2)18-15-7-5-6-8-17(15)23-20(18)19/h4*5-11H,1-4H3/q4*+1/i4*1D3. The molecule has 16 rings (SSSR count). The summed E-state index contributed by atoms with van der Waals surface area (Å²) in [4.78, 5) is 18.1. The molecule has 12 nitrogen and oxygen atoms in total. The lowest BCUT2D eigenvalue weighted by Crippen LogP contribution is -2.31. The summed E-state index contributed by atoms with van der Waals surface area (Å²) in [5, 5.41) is 7.11. The molecule has 12 aromatic heterocycles. The van der Waals surface area contributed by atoms with Gasteiger partial charge in [-0.15, -0.1) is 0 Å². The van der Waals surface area contributed by atoms with Crippen LogP contribution in [0.25, 0.3) is 133 Å². The van der Waals surface area contributed by atoms with E-state index in [4.69, 9.17) is 39.1 Å². The molecule has 0 bridgehead atoms. The fraction of sp³-hybridized carbons (Fsp3) is 0.200. The van der Waals surface area contributed by atoms with E-state index >= 15 is 0 Å². The van der Waals surface area contributed by atoms with Crippen LogP contribution in [0.1, 0.15) is 83.9 Å². The van der Waals surface area contributed by atoms with E-state index in [1.165, 1.54) is 0 Å². The van der Waals surface area contributed by atoms with Crippen LogP contribution in [0.3, 0.4) is 0 Å². The zero-order chi connectivity index (χ0) is 74.5. The van der Waals surface area contributed by atoms with E-state index in [2.05, 4.69) is 39.2 Å². The Hall–Kier alpha value is -10.7. The third kappa shape index (κ3) is 10.9. The van der Waals surface area contributed by atoms with Crippen LogP contribution < -0.4 is 18.3 Å². The molecule has 0 unspecified atom stereocenters. The van der Waals surface area contributed by atoms with Crippen molar-refractivity contribution in [3.05, 3.63) is 238 Å². The van der Waals surface area contributed by atoms with Crippen molar-refractivity contribution in [2.24, 2.45) is 28.2 Å². The predicted octanol–water partition coefficient (Wildman–Crippen LogP) is 17.6. The van der Waals surface area contributed by atoms with Gasteiger partial charge in [0.25, 0.3) is 0 Å². The number of furan rings is 4. The Morgan fingerprint density at radius 1 is 0.348 bits per heavy atom. The molecule has 4 aromatic carbocycles. The average molecular weight is 1230 g/mol. The van der Waals surface area contributed by atoms with Crippen LogP contribution in [0.15, 0.2) is 188 Å². The van der Waals surface area contributed by atoms with Crippen molar-refractivity contribution in [3.63, 3.8) is 0 Å². The molecule has 0 aliphatic carbocycles. The number of pyridine rings is 8. The first-order chi connectivity index (χ1) is 49.0. The van der Waals surface area contributed by atoms with Crippen LogP contribution >= 0.6 is 0 Å². The minimum Gasteiger partial charge on any atom is -0.455 e. The number of hydrogen-bond donors (Lipinski definition) is 0. The monoisotopic (exact) mass is 1220 g/mol. The molecule has 0 atom stereocenters. The lowest BCUT2D eigenvalue weighted by atomic mass is 10.00. The van der Waals surface area contributed by atoms with Gasteiger partial charge in [-0.05, 0) is 160 Å². The number of fused-ring (bicyclic) bond motifs is 12. The molecule has 16 aromatic rings. The van der Waals surface area contributed by atoms with Gasteiger partial charge in [0, 0.05) is 124 Å². The molecule has 456 valence electrons. The van der Waals surface area contributed by atoms with Crippen molar-refractivity contribution in [1.29, 1.82) is 0 Å².